The molecule has 104 valence electrons. The van der Waals surface area contributed by atoms with E-state index in [1.165, 1.54) is 11.3 Å². The number of anilines is 2. The van der Waals surface area contributed by atoms with Crippen molar-refractivity contribution in [3.63, 3.8) is 0 Å². The molecule has 3 heteroatoms. The van der Waals surface area contributed by atoms with Gasteiger partial charge in [-0.1, -0.05) is 18.2 Å². The summed E-state index contributed by atoms with van der Waals surface area (Å²) >= 11 is 0. The molecule has 1 aliphatic heterocycles. The Kier molecular flexibility index (Phi) is 3.45. The lowest BCUT2D eigenvalue weighted by Gasteiger charge is -2.30. The van der Waals surface area contributed by atoms with Gasteiger partial charge in [0.15, 0.2) is 0 Å². The van der Waals surface area contributed by atoms with Crippen LogP contribution in [0.1, 0.15) is 36.1 Å². The zero-order valence-electron chi connectivity index (χ0n) is 12.0. The zero-order valence-corrected chi connectivity index (χ0v) is 12.0. The first-order valence-corrected chi connectivity index (χ1v) is 7.17. The van der Waals surface area contributed by atoms with Gasteiger partial charge in [0.05, 0.1) is 6.10 Å². The van der Waals surface area contributed by atoms with Gasteiger partial charge in [-0.05, 0) is 49.9 Å². The number of fused-ring (bicyclic) bond motifs is 1. The standard InChI is InChI=1S/C17H20N2O/c1-12-10-17(18-11-15(12)13(2)20)19-9-5-7-14-6-3-4-8-16(14)19/h3-4,6,8,10-11,13,20H,5,7,9H2,1-2H3/t13-/m1/s1. The predicted octanol–water partition coefficient (Wildman–Crippen LogP) is 3.53. The van der Waals surface area contributed by atoms with Gasteiger partial charge >= 0.3 is 0 Å². The molecule has 0 radical (unpaired) electrons. The number of rotatable bonds is 2. The molecule has 2 heterocycles. The summed E-state index contributed by atoms with van der Waals surface area (Å²) in [6.07, 6.45) is 3.62. The van der Waals surface area contributed by atoms with E-state index in [2.05, 4.69) is 40.2 Å². The monoisotopic (exact) mass is 268 g/mol. The van der Waals surface area contributed by atoms with Gasteiger partial charge in [-0.2, -0.15) is 0 Å². The van der Waals surface area contributed by atoms with Gasteiger partial charge in [0.1, 0.15) is 5.82 Å². The molecule has 1 N–H and O–H groups in total. The Morgan fingerprint density at radius 1 is 1.30 bits per heavy atom. The van der Waals surface area contributed by atoms with Gasteiger partial charge in [0, 0.05) is 24.0 Å². The maximum absolute atomic E-state index is 9.71. The van der Waals surface area contributed by atoms with Gasteiger partial charge in [-0.3, -0.25) is 0 Å². The Labute approximate surface area is 119 Å². The first-order chi connectivity index (χ1) is 9.66. The lowest BCUT2D eigenvalue weighted by Crippen LogP contribution is -2.25. The molecule has 0 saturated carbocycles. The molecule has 0 aliphatic carbocycles. The Hall–Kier alpha value is -1.87. The smallest absolute Gasteiger partial charge is 0.133 e. The Bertz CT molecular complexity index is 622. The van der Waals surface area contributed by atoms with Gasteiger partial charge in [-0.15, -0.1) is 0 Å². The second kappa shape index (κ2) is 5.25. The molecule has 3 nitrogen and oxygen atoms in total. The van der Waals surface area contributed by atoms with Crippen molar-refractivity contribution in [3.05, 3.63) is 53.2 Å². The summed E-state index contributed by atoms with van der Waals surface area (Å²) in [5.41, 5.74) is 4.64. The Morgan fingerprint density at radius 3 is 2.85 bits per heavy atom. The zero-order chi connectivity index (χ0) is 14.1. The van der Waals surface area contributed by atoms with Crippen LogP contribution in [0.4, 0.5) is 11.5 Å². The fourth-order valence-electron chi connectivity index (χ4n) is 2.91. The van der Waals surface area contributed by atoms with Crippen LogP contribution in [0.2, 0.25) is 0 Å². The molecule has 1 aliphatic rings. The molecular weight excluding hydrogens is 248 g/mol. The van der Waals surface area contributed by atoms with Crippen LogP contribution in [0, 0.1) is 6.92 Å². The van der Waals surface area contributed by atoms with Crippen molar-refractivity contribution >= 4 is 11.5 Å². The maximum atomic E-state index is 9.71. The second-order valence-corrected chi connectivity index (χ2v) is 5.46. The fourth-order valence-corrected chi connectivity index (χ4v) is 2.91. The van der Waals surface area contributed by atoms with Crippen LogP contribution in [0.5, 0.6) is 0 Å². The van der Waals surface area contributed by atoms with Crippen molar-refractivity contribution < 1.29 is 5.11 Å². The quantitative estimate of drug-likeness (QED) is 0.905. The number of aromatic nitrogens is 1. The van der Waals surface area contributed by atoms with E-state index in [-0.39, 0.29) is 0 Å². The van der Waals surface area contributed by atoms with Crippen LogP contribution in [0.3, 0.4) is 0 Å². The molecule has 1 atom stereocenters. The number of hydrogen-bond acceptors (Lipinski definition) is 3. The van der Waals surface area contributed by atoms with Crippen LogP contribution in [-0.4, -0.2) is 16.6 Å². The van der Waals surface area contributed by atoms with Crippen molar-refractivity contribution in [2.24, 2.45) is 0 Å². The van der Waals surface area contributed by atoms with Crippen LogP contribution >= 0.6 is 0 Å². The van der Waals surface area contributed by atoms with E-state index in [4.69, 9.17) is 0 Å². The third-order valence-corrected chi connectivity index (χ3v) is 3.97. The highest BCUT2D eigenvalue weighted by molar-refractivity contribution is 5.65. The molecule has 3 rings (SSSR count). The summed E-state index contributed by atoms with van der Waals surface area (Å²) in [7, 11) is 0. The highest BCUT2D eigenvalue weighted by Crippen LogP contribution is 2.33. The summed E-state index contributed by atoms with van der Waals surface area (Å²) in [5, 5.41) is 9.71. The topological polar surface area (TPSA) is 36.4 Å². The van der Waals surface area contributed by atoms with Gasteiger partial charge < -0.3 is 10.0 Å². The largest absolute Gasteiger partial charge is 0.389 e. The lowest BCUT2D eigenvalue weighted by molar-refractivity contribution is 0.198. The summed E-state index contributed by atoms with van der Waals surface area (Å²) in [4.78, 5) is 6.82. The van der Waals surface area contributed by atoms with Crippen LogP contribution in [0.25, 0.3) is 0 Å². The third-order valence-electron chi connectivity index (χ3n) is 3.97. The first kappa shape index (κ1) is 13.1. The molecule has 0 fully saturated rings. The van der Waals surface area contributed by atoms with E-state index in [9.17, 15) is 5.11 Å². The minimum Gasteiger partial charge on any atom is -0.389 e. The molecule has 20 heavy (non-hydrogen) atoms. The number of nitrogens with zero attached hydrogens (tertiary/aromatic N) is 2. The van der Waals surface area contributed by atoms with Crippen molar-refractivity contribution in [3.8, 4) is 0 Å². The highest BCUT2D eigenvalue weighted by atomic mass is 16.3. The third kappa shape index (κ3) is 2.29. The first-order valence-electron chi connectivity index (χ1n) is 7.17. The Balaban J connectivity index is 2.00. The van der Waals surface area contributed by atoms with E-state index in [0.717, 1.165) is 36.3 Å². The van der Waals surface area contributed by atoms with Gasteiger partial charge in [0.25, 0.3) is 0 Å². The molecular formula is C17H20N2O. The predicted molar refractivity (Wildman–Crippen MR) is 81.4 cm³/mol. The number of benzene rings is 1. The summed E-state index contributed by atoms with van der Waals surface area (Å²) in [5.74, 6) is 0.971. The second-order valence-electron chi connectivity index (χ2n) is 5.46. The molecule has 0 bridgehead atoms. The highest BCUT2D eigenvalue weighted by Gasteiger charge is 2.19. The van der Waals surface area contributed by atoms with Crippen LogP contribution < -0.4 is 4.90 Å². The van der Waals surface area contributed by atoms with Crippen molar-refractivity contribution in [2.45, 2.75) is 32.8 Å². The van der Waals surface area contributed by atoms with E-state index < -0.39 is 6.10 Å². The minimum absolute atomic E-state index is 0.467. The average molecular weight is 268 g/mol. The van der Waals surface area contributed by atoms with Crippen LogP contribution in [0.15, 0.2) is 36.5 Å². The SMILES string of the molecule is Cc1cc(N2CCCc3ccccc32)ncc1[C@@H](C)O. The molecule has 0 saturated heterocycles. The molecule has 0 spiro atoms. The van der Waals surface area contributed by atoms with Gasteiger partial charge in [0.2, 0.25) is 0 Å². The lowest BCUT2D eigenvalue weighted by atomic mass is 10.0. The average Bonchev–Trinajstić information content (AvgIpc) is 2.46. The van der Waals surface area contributed by atoms with Crippen molar-refractivity contribution in [1.29, 1.82) is 0 Å². The van der Waals surface area contributed by atoms with Crippen molar-refractivity contribution in [2.75, 3.05) is 11.4 Å². The van der Waals surface area contributed by atoms with E-state index in [1.807, 2.05) is 6.92 Å². The van der Waals surface area contributed by atoms with Crippen molar-refractivity contribution in [1.82, 2.24) is 4.98 Å². The fraction of sp³-hybridized carbons (Fsp3) is 0.353. The molecule has 0 unspecified atom stereocenters. The number of aliphatic hydroxyl groups excluding tert-OH is 1. The number of pyridine rings is 1. The Morgan fingerprint density at radius 2 is 2.10 bits per heavy atom. The normalized spacial score (nSPS) is 15.8. The minimum atomic E-state index is -0.467. The number of hydrogen-bond donors (Lipinski definition) is 1. The van der Waals surface area contributed by atoms with Gasteiger partial charge in [-0.25, -0.2) is 4.98 Å². The summed E-state index contributed by atoms with van der Waals surface area (Å²) < 4.78 is 0. The van der Waals surface area contributed by atoms with E-state index in [0.29, 0.717) is 0 Å². The maximum Gasteiger partial charge on any atom is 0.133 e. The summed E-state index contributed by atoms with van der Waals surface area (Å²) in [6, 6.07) is 10.6. The van der Waals surface area contributed by atoms with E-state index in [1.54, 1.807) is 13.1 Å². The van der Waals surface area contributed by atoms with Crippen LogP contribution in [-0.2, 0) is 6.42 Å². The molecule has 2 aromatic rings. The molecule has 0 amide bonds. The molecule has 1 aromatic carbocycles. The van der Waals surface area contributed by atoms with E-state index >= 15 is 0 Å². The summed E-state index contributed by atoms with van der Waals surface area (Å²) in [6.45, 7) is 4.81. The number of aryl methyl sites for hydroxylation is 2. The number of aliphatic hydroxyl groups is 1. The number of para-hydroxylation sites is 1. The molecule has 1 aromatic heterocycles.